The highest BCUT2D eigenvalue weighted by molar-refractivity contribution is 5.79. The van der Waals surface area contributed by atoms with Crippen molar-refractivity contribution in [2.75, 3.05) is 13.2 Å². The maximum atomic E-state index is 10.5. The van der Waals surface area contributed by atoms with E-state index in [-0.39, 0.29) is 13.2 Å². The maximum absolute atomic E-state index is 10.5. The van der Waals surface area contributed by atoms with E-state index in [0.717, 1.165) is 0 Å². The second-order valence-corrected chi connectivity index (χ2v) is 2.41. The van der Waals surface area contributed by atoms with Crippen LogP contribution in [0.15, 0.2) is 29.6 Å². The summed E-state index contributed by atoms with van der Waals surface area (Å²) in [5.41, 5.74) is 0.464. The summed E-state index contributed by atoms with van der Waals surface area (Å²) in [7, 11) is 0. The largest absolute Gasteiger partial charge is 0.489 e. The van der Waals surface area contributed by atoms with Crippen LogP contribution in [0.2, 0.25) is 0 Å². The molecule has 1 aromatic carbocycles. The first-order valence-corrected chi connectivity index (χ1v) is 4.00. The van der Waals surface area contributed by atoms with E-state index in [9.17, 15) is 9.70 Å². The third-order valence-electron chi connectivity index (χ3n) is 1.53. The minimum absolute atomic E-state index is 0.0662. The van der Waals surface area contributed by atoms with E-state index < -0.39 is 0 Å². The Hall–Kier alpha value is -1.91. The van der Waals surface area contributed by atoms with Crippen LogP contribution >= 0.6 is 0 Å². The molecule has 0 aliphatic carbocycles. The predicted molar refractivity (Wildman–Crippen MR) is 49.1 cm³/mol. The zero-order valence-corrected chi connectivity index (χ0v) is 7.38. The number of para-hydroxylation sites is 1. The lowest BCUT2D eigenvalue weighted by molar-refractivity contribution is 0.102. The Morgan fingerprint density at radius 3 is 2.79 bits per heavy atom. The fourth-order valence-corrected chi connectivity index (χ4v) is 0.935. The van der Waals surface area contributed by atoms with Crippen LogP contribution in [0.1, 0.15) is 10.4 Å². The average Bonchev–Trinajstić information content (AvgIpc) is 2.25. The fourth-order valence-electron chi connectivity index (χ4n) is 0.935. The molecular weight excluding hydrogens is 186 g/mol. The first-order valence-electron chi connectivity index (χ1n) is 4.00. The monoisotopic (exact) mass is 195 g/mol. The Kier molecular flexibility index (Phi) is 4.13. The second kappa shape index (κ2) is 5.69. The molecule has 1 aromatic rings. The van der Waals surface area contributed by atoms with Crippen LogP contribution in [0.3, 0.4) is 0 Å². The molecule has 0 aromatic heterocycles. The van der Waals surface area contributed by atoms with Crippen molar-refractivity contribution in [3.8, 4) is 5.75 Å². The van der Waals surface area contributed by atoms with Gasteiger partial charge in [0.05, 0.1) is 5.56 Å². The molecule has 0 atom stereocenters. The molecule has 14 heavy (non-hydrogen) atoms. The van der Waals surface area contributed by atoms with Crippen molar-refractivity contribution in [1.82, 2.24) is 0 Å². The van der Waals surface area contributed by atoms with Gasteiger partial charge >= 0.3 is 0 Å². The minimum atomic E-state index is 0.0662. The fraction of sp³-hybridized carbons (Fsp3) is 0.222. The lowest BCUT2D eigenvalue weighted by atomic mass is 10.2. The number of rotatable bonds is 6. The summed E-state index contributed by atoms with van der Waals surface area (Å²) >= 11 is 0. The van der Waals surface area contributed by atoms with Gasteiger partial charge in [-0.2, -0.15) is 0 Å². The van der Waals surface area contributed by atoms with Gasteiger partial charge in [-0.05, 0) is 12.1 Å². The number of hydrogen-bond acceptors (Lipinski definition) is 5. The second-order valence-electron chi connectivity index (χ2n) is 2.41. The summed E-state index contributed by atoms with van der Waals surface area (Å²) in [6, 6.07) is 6.79. The SMILES string of the molecule is O=Cc1ccccc1OCCON=O. The number of ether oxygens (including phenoxy) is 1. The van der Waals surface area contributed by atoms with Crippen LogP contribution in [-0.4, -0.2) is 19.5 Å². The molecule has 0 unspecified atom stereocenters. The van der Waals surface area contributed by atoms with Gasteiger partial charge in [-0.15, -0.1) is 4.91 Å². The van der Waals surface area contributed by atoms with Crippen LogP contribution in [0, 0.1) is 4.91 Å². The zero-order valence-electron chi connectivity index (χ0n) is 7.38. The summed E-state index contributed by atoms with van der Waals surface area (Å²) in [5.74, 6) is 0.469. The van der Waals surface area contributed by atoms with Crippen LogP contribution in [0.5, 0.6) is 5.75 Å². The summed E-state index contributed by atoms with van der Waals surface area (Å²) in [5, 5.41) is 2.21. The Morgan fingerprint density at radius 1 is 1.29 bits per heavy atom. The molecule has 0 N–H and O–H groups in total. The third-order valence-corrected chi connectivity index (χ3v) is 1.53. The highest BCUT2D eigenvalue weighted by Crippen LogP contribution is 2.15. The average molecular weight is 195 g/mol. The Labute approximate surface area is 80.6 Å². The van der Waals surface area contributed by atoms with Crippen molar-refractivity contribution in [3.05, 3.63) is 34.7 Å². The third kappa shape index (κ3) is 2.85. The molecule has 0 saturated heterocycles. The predicted octanol–water partition coefficient (Wildman–Crippen LogP) is 1.58. The first kappa shape index (κ1) is 10.2. The van der Waals surface area contributed by atoms with Gasteiger partial charge in [-0.1, -0.05) is 12.1 Å². The summed E-state index contributed by atoms with van der Waals surface area (Å²) in [6.45, 7) is 0.243. The number of carbonyl (C=O) groups is 1. The molecule has 0 amide bonds. The standard InChI is InChI=1S/C9H9NO4/c11-7-8-3-1-2-4-9(8)13-5-6-14-10-12/h1-4,7H,5-6H2. The number of aldehydes is 1. The molecule has 1 rings (SSSR count). The van der Waals surface area contributed by atoms with Gasteiger partial charge in [0.25, 0.3) is 0 Å². The molecule has 74 valence electrons. The van der Waals surface area contributed by atoms with E-state index in [1.54, 1.807) is 24.3 Å². The Bertz CT molecular complexity index is 313. The van der Waals surface area contributed by atoms with Crippen molar-refractivity contribution >= 4 is 6.29 Å². The van der Waals surface area contributed by atoms with Crippen molar-refractivity contribution < 1.29 is 14.4 Å². The van der Waals surface area contributed by atoms with E-state index >= 15 is 0 Å². The smallest absolute Gasteiger partial charge is 0.155 e. The first-order chi connectivity index (χ1) is 6.88. The van der Waals surface area contributed by atoms with Gasteiger partial charge in [-0.3, -0.25) is 4.79 Å². The molecule has 0 heterocycles. The summed E-state index contributed by atoms with van der Waals surface area (Å²) in [4.78, 5) is 24.3. The maximum Gasteiger partial charge on any atom is 0.155 e. The van der Waals surface area contributed by atoms with Gasteiger partial charge < -0.3 is 9.57 Å². The number of nitrogens with zero attached hydrogens (tertiary/aromatic N) is 1. The topological polar surface area (TPSA) is 65.0 Å². The van der Waals surface area contributed by atoms with E-state index in [0.29, 0.717) is 17.6 Å². The van der Waals surface area contributed by atoms with Crippen molar-refractivity contribution in [1.29, 1.82) is 0 Å². The molecule has 0 bridgehead atoms. The van der Waals surface area contributed by atoms with Crippen molar-refractivity contribution in [2.24, 2.45) is 5.34 Å². The Balaban J connectivity index is 2.48. The van der Waals surface area contributed by atoms with E-state index in [1.165, 1.54) is 0 Å². The summed E-state index contributed by atoms with van der Waals surface area (Å²) < 4.78 is 5.17. The highest BCUT2D eigenvalue weighted by Gasteiger charge is 2.00. The van der Waals surface area contributed by atoms with Gasteiger partial charge in [0, 0.05) is 0 Å². The molecule has 5 nitrogen and oxygen atoms in total. The van der Waals surface area contributed by atoms with E-state index in [2.05, 4.69) is 10.2 Å². The molecule has 5 heteroatoms. The number of carbonyl (C=O) groups excluding carboxylic acids is 1. The van der Waals surface area contributed by atoms with Crippen LogP contribution in [-0.2, 0) is 4.84 Å². The number of benzene rings is 1. The highest BCUT2D eigenvalue weighted by atomic mass is 16.7. The minimum Gasteiger partial charge on any atom is -0.489 e. The Morgan fingerprint density at radius 2 is 2.07 bits per heavy atom. The molecule has 0 aliphatic rings. The normalized spacial score (nSPS) is 9.14. The zero-order chi connectivity index (χ0) is 10.2. The molecule has 0 fully saturated rings. The van der Waals surface area contributed by atoms with E-state index in [1.807, 2.05) is 0 Å². The van der Waals surface area contributed by atoms with Gasteiger partial charge in [-0.25, -0.2) is 0 Å². The molecule has 0 spiro atoms. The quantitative estimate of drug-likeness (QED) is 0.299. The molecular formula is C9H9NO4. The lowest BCUT2D eigenvalue weighted by Crippen LogP contribution is -2.05. The van der Waals surface area contributed by atoms with Crippen LogP contribution in [0.4, 0.5) is 0 Å². The molecule has 0 radical (unpaired) electrons. The lowest BCUT2D eigenvalue weighted by Gasteiger charge is -2.05. The van der Waals surface area contributed by atoms with Gasteiger partial charge in [0.2, 0.25) is 0 Å². The van der Waals surface area contributed by atoms with Crippen molar-refractivity contribution in [2.45, 2.75) is 0 Å². The number of hydrogen-bond donors (Lipinski definition) is 0. The van der Waals surface area contributed by atoms with Gasteiger partial charge in [0.15, 0.2) is 18.2 Å². The molecule has 0 saturated carbocycles. The van der Waals surface area contributed by atoms with E-state index in [4.69, 9.17) is 4.74 Å². The van der Waals surface area contributed by atoms with Crippen LogP contribution in [0.25, 0.3) is 0 Å². The van der Waals surface area contributed by atoms with Crippen molar-refractivity contribution in [3.63, 3.8) is 0 Å². The summed E-state index contributed by atoms with van der Waals surface area (Å²) in [6.07, 6.45) is 0.703. The van der Waals surface area contributed by atoms with Gasteiger partial charge in [0.1, 0.15) is 12.4 Å². The van der Waals surface area contributed by atoms with Crippen LogP contribution < -0.4 is 4.74 Å². The molecule has 0 aliphatic heterocycles.